The predicted octanol–water partition coefficient (Wildman–Crippen LogP) is 6.27. The number of ether oxygens (including phenoxy) is 4. The van der Waals surface area contributed by atoms with Crippen LogP contribution in [0.4, 0.5) is 0 Å². The van der Waals surface area contributed by atoms with Gasteiger partial charge in [0, 0.05) is 24.9 Å². The molecule has 312 valence electrons. The Morgan fingerprint density at radius 1 is 0.607 bits per heavy atom. The van der Waals surface area contributed by atoms with Crippen molar-refractivity contribution >= 4 is 23.6 Å². The van der Waals surface area contributed by atoms with Gasteiger partial charge in [-0.1, -0.05) is 118 Å². The lowest BCUT2D eigenvalue weighted by atomic mass is 9.52. The Labute approximate surface area is 355 Å². The van der Waals surface area contributed by atoms with E-state index in [-0.39, 0.29) is 66.7 Å². The molecule has 0 saturated carbocycles. The highest BCUT2D eigenvalue weighted by Gasteiger charge is 2.71. The van der Waals surface area contributed by atoms with Gasteiger partial charge >= 0.3 is 0 Å². The molecule has 4 amide bonds. The fraction of sp³-hybridized carbons (Fsp3) is 0.451. The number of epoxide rings is 2. The second-order valence-corrected chi connectivity index (χ2v) is 19.7. The third-order valence-corrected chi connectivity index (χ3v) is 15.4. The van der Waals surface area contributed by atoms with E-state index in [0.29, 0.717) is 39.3 Å². The maximum atomic E-state index is 14.9. The van der Waals surface area contributed by atoms with Crippen LogP contribution >= 0.6 is 0 Å². The van der Waals surface area contributed by atoms with Crippen molar-refractivity contribution in [3.05, 3.63) is 142 Å². The average Bonchev–Trinajstić information content (AvgIpc) is 4.22. The molecule has 4 fully saturated rings. The number of hydrogen-bond donors (Lipinski definition) is 0. The number of hydrogen-bond acceptors (Lipinski definition) is 8. The van der Waals surface area contributed by atoms with Crippen molar-refractivity contribution in [3.63, 3.8) is 0 Å². The standard InChI is InChI=1S/C51H50N2O8/c1-28(20-21-52-45(54)41-39-31-12-4-8-16-35(31)50(43(41)47(52)56,60-25-29-23-58-29)36-17-9-5-13-32(36)39)22-49(2,3)27-53-46(55)42-40-33-14-6-10-18-37(33)51(44(42)48(53)57,61-26-30-24-59-30)38-19-11-7-15-34(38)40/h4-19,28-30,39-44H,20-27H2,1-3H3. The van der Waals surface area contributed by atoms with Crippen molar-refractivity contribution in [1.82, 2.24) is 9.80 Å². The van der Waals surface area contributed by atoms with Crippen molar-refractivity contribution in [1.29, 1.82) is 0 Å². The summed E-state index contributed by atoms with van der Waals surface area (Å²) in [6, 6.07) is 32.6. The first-order chi connectivity index (χ1) is 29.5. The van der Waals surface area contributed by atoms with Gasteiger partial charge in [-0.15, -0.1) is 0 Å². The summed E-state index contributed by atoms with van der Waals surface area (Å²) in [6.07, 6.45) is 1.23. The first kappa shape index (κ1) is 37.7. The molecule has 4 aliphatic heterocycles. The van der Waals surface area contributed by atoms with Crippen LogP contribution < -0.4 is 0 Å². The Morgan fingerprint density at radius 3 is 1.39 bits per heavy atom. The largest absolute Gasteiger partial charge is 0.371 e. The summed E-state index contributed by atoms with van der Waals surface area (Å²) >= 11 is 0. The Kier molecular flexibility index (Phi) is 8.20. The van der Waals surface area contributed by atoms with Crippen LogP contribution in [0, 0.1) is 35.0 Å². The van der Waals surface area contributed by atoms with E-state index in [1.54, 1.807) is 0 Å². The maximum absolute atomic E-state index is 14.9. The Balaban J connectivity index is 0.789. The molecule has 7 unspecified atom stereocenters. The summed E-state index contributed by atoms with van der Waals surface area (Å²) in [6.45, 7) is 8.84. The van der Waals surface area contributed by atoms with Gasteiger partial charge in [0.25, 0.3) is 0 Å². The number of rotatable bonds is 13. The third kappa shape index (κ3) is 5.22. The highest BCUT2D eigenvalue weighted by atomic mass is 16.6. The van der Waals surface area contributed by atoms with Crippen molar-refractivity contribution in [2.75, 3.05) is 39.5 Å². The van der Waals surface area contributed by atoms with Gasteiger partial charge in [-0.2, -0.15) is 0 Å². The van der Waals surface area contributed by atoms with Crippen LogP contribution in [0.25, 0.3) is 0 Å². The number of nitrogens with zero attached hydrogens (tertiary/aromatic N) is 2. The zero-order valence-electron chi connectivity index (χ0n) is 34.8. The highest BCUT2D eigenvalue weighted by Crippen LogP contribution is 2.66. The molecule has 0 radical (unpaired) electrons. The molecule has 14 rings (SSSR count). The zero-order chi connectivity index (χ0) is 41.6. The van der Waals surface area contributed by atoms with E-state index < -0.39 is 40.3 Å². The smallest absolute Gasteiger partial charge is 0.236 e. The monoisotopic (exact) mass is 818 g/mol. The second-order valence-electron chi connectivity index (χ2n) is 19.7. The van der Waals surface area contributed by atoms with Gasteiger partial charge in [0.05, 0.1) is 50.1 Å². The van der Waals surface area contributed by atoms with Gasteiger partial charge in [0.2, 0.25) is 23.6 Å². The molecular formula is C51H50N2O8. The van der Waals surface area contributed by atoms with E-state index in [1.165, 1.54) is 9.80 Å². The van der Waals surface area contributed by atoms with Crippen molar-refractivity contribution in [2.45, 2.75) is 68.9 Å². The fourth-order valence-corrected chi connectivity index (χ4v) is 13.1. The summed E-state index contributed by atoms with van der Waals surface area (Å²) in [7, 11) is 0. The van der Waals surface area contributed by atoms with Gasteiger partial charge in [-0.25, -0.2) is 0 Å². The lowest BCUT2D eigenvalue weighted by Crippen LogP contribution is -2.55. The summed E-state index contributed by atoms with van der Waals surface area (Å²) in [5, 5.41) is 0. The van der Waals surface area contributed by atoms with Gasteiger partial charge in [-0.3, -0.25) is 29.0 Å². The molecule has 10 aliphatic rings. The molecule has 0 aromatic heterocycles. The molecule has 0 spiro atoms. The van der Waals surface area contributed by atoms with Crippen LogP contribution in [0.15, 0.2) is 97.1 Å². The fourth-order valence-electron chi connectivity index (χ4n) is 13.1. The van der Waals surface area contributed by atoms with Crippen LogP contribution in [-0.4, -0.2) is 85.2 Å². The number of likely N-dealkylation sites (tertiary alicyclic amines) is 2. The molecule has 6 aliphatic carbocycles. The number of benzene rings is 4. The summed E-state index contributed by atoms with van der Waals surface area (Å²) in [5.74, 6) is -3.53. The average molecular weight is 819 g/mol. The van der Waals surface area contributed by atoms with Crippen LogP contribution in [0.1, 0.15) is 90.0 Å². The zero-order valence-corrected chi connectivity index (χ0v) is 34.8. The van der Waals surface area contributed by atoms with Crippen molar-refractivity contribution in [2.24, 2.45) is 35.0 Å². The van der Waals surface area contributed by atoms with E-state index in [0.717, 1.165) is 44.5 Å². The van der Waals surface area contributed by atoms with Crippen LogP contribution in [0.5, 0.6) is 0 Å². The topological polar surface area (TPSA) is 118 Å². The lowest BCUT2D eigenvalue weighted by Gasteiger charge is -2.53. The first-order valence-electron chi connectivity index (χ1n) is 22.1. The Hall–Kier alpha value is -5.00. The van der Waals surface area contributed by atoms with Gasteiger partial charge in [0.1, 0.15) is 23.4 Å². The molecule has 10 heteroatoms. The van der Waals surface area contributed by atoms with Gasteiger partial charge < -0.3 is 18.9 Å². The van der Waals surface area contributed by atoms with Gasteiger partial charge in [0.15, 0.2) is 0 Å². The summed E-state index contributed by atoms with van der Waals surface area (Å²) in [4.78, 5) is 62.1. The minimum atomic E-state index is -1.10. The molecule has 4 aromatic carbocycles. The molecule has 10 nitrogen and oxygen atoms in total. The molecule has 4 saturated heterocycles. The maximum Gasteiger partial charge on any atom is 0.236 e. The molecule has 7 atom stereocenters. The number of imide groups is 2. The minimum Gasteiger partial charge on any atom is -0.371 e. The van der Waals surface area contributed by atoms with Crippen molar-refractivity contribution in [3.8, 4) is 0 Å². The molecule has 4 heterocycles. The first-order valence-corrected chi connectivity index (χ1v) is 22.1. The van der Waals surface area contributed by atoms with Crippen molar-refractivity contribution < 1.29 is 38.1 Å². The van der Waals surface area contributed by atoms with E-state index >= 15 is 0 Å². The minimum absolute atomic E-state index is 0.0193. The Bertz CT molecular complexity index is 2450. The van der Waals surface area contributed by atoms with Crippen LogP contribution in [0.3, 0.4) is 0 Å². The number of carbonyl (C=O) groups is 4. The number of carbonyl (C=O) groups excluding carboxylic acids is 4. The Morgan fingerprint density at radius 2 is 0.984 bits per heavy atom. The van der Waals surface area contributed by atoms with E-state index in [4.69, 9.17) is 18.9 Å². The van der Waals surface area contributed by atoms with E-state index in [1.807, 2.05) is 48.5 Å². The van der Waals surface area contributed by atoms with Crippen LogP contribution in [0.2, 0.25) is 0 Å². The summed E-state index contributed by atoms with van der Waals surface area (Å²) < 4.78 is 25.0. The predicted molar refractivity (Wildman–Crippen MR) is 222 cm³/mol. The SMILES string of the molecule is CC(CCN1C(=O)C2C3c4ccccc4C(OCC4CO4)(c4ccccc43)C2C1=O)CC(C)(C)CN1C(=O)C2C3c4ccccc4C(OCC4CO4)(c4ccccc43)C2C1=O. The third-order valence-electron chi connectivity index (χ3n) is 15.4. The second kappa shape index (κ2) is 13.3. The lowest BCUT2D eigenvalue weighted by molar-refractivity contribution is -0.149. The normalized spacial score (nSPS) is 33.6. The molecule has 0 N–H and O–H groups in total. The molecular weight excluding hydrogens is 769 g/mol. The highest BCUT2D eigenvalue weighted by molar-refractivity contribution is 6.09. The molecule has 4 bridgehead atoms. The summed E-state index contributed by atoms with van der Waals surface area (Å²) in [5.41, 5.74) is 5.46. The quantitative estimate of drug-likeness (QED) is 0.115. The number of amides is 4. The molecule has 61 heavy (non-hydrogen) atoms. The molecule has 4 aromatic rings. The van der Waals surface area contributed by atoms with Gasteiger partial charge in [-0.05, 0) is 68.7 Å². The van der Waals surface area contributed by atoms with Crippen LogP contribution in [-0.2, 0) is 49.3 Å². The van der Waals surface area contributed by atoms with E-state index in [9.17, 15) is 19.2 Å². The van der Waals surface area contributed by atoms with E-state index in [2.05, 4.69) is 69.3 Å².